The zero-order valence-corrected chi connectivity index (χ0v) is 16.5. The Morgan fingerprint density at radius 2 is 1.88 bits per heavy atom. The van der Waals surface area contributed by atoms with Crippen molar-refractivity contribution in [3.8, 4) is 0 Å². The molecule has 4 heteroatoms. The minimum absolute atomic E-state index is 0.0344. The highest BCUT2D eigenvalue weighted by atomic mass is 35.5. The molecule has 0 heterocycles. The zero-order chi connectivity index (χ0) is 18.6. The summed E-state index contributed by atoms with van der Waals surface area (Å²) in [6.07, 6.45) is 8.25. The van der Waals surface area contributed by atoms with Crippen molar-refractivity contribution >= 4 is 23.2 Å². The molecule has 26 heavy (non-hydrogen) atoms. The smallest absolute Gasteiger partial charge is 0.161 e. The molecule has 0 aromatic carbocycles. The molecule has 0 aromatic rings. The Morgan fingerprint density at radius 1 is 1.19 bits per heavy atom. The first kappa shape index (κ1) is 17.2. The summed E-state index contributed by atoms with van der Waals surface area (Å²) in [5, 5.41) is 11.9. The lowest BCUT2D eigenvalue weighted by Crippen LogP contribution is -2.56. The maximum absolute atomic E-state index is 12.3. The third-order valence-corrected chi connectivity index (χ3v) is 9.56. The summed E-state index contributed by atoms with van der Waals surface area (Å²) in [6, 6.07) is 0. The number of carbonyl (C=O) groups excluding carboxylic acids is 2. The van der Waals surface area contributed by atoms with Crippen molar-refractivity contribution < 1.29 is 14.7 Å². The first-order valence-electron chi connectivity index (χ1n) is 10.0. The molecule has 0 radical (unpaired) electrons. The molecule has 0 bridgehead atoms. The van der Waals surface area contributed by atoms with Gasteiger partial charge in [0.2, 0.25) is 0 Å². The number of Topliss-reactive ketones (excluding diaryl/α,β-unsaturated/α-hetero) is 1. The maximum atomic E-state index is 12.3. The number of hydrogen-bond acceptors (Lipinski definition) is 3. The van der Waals surface area contributed by atoms with Crippen LogP contribution < -0.4 is 0 Å². The van der Waals surface area contributed by atoms with Crippen molar-refractivity contribution in [3.05, 3.63) is 22.8 Å². The van der Waals surface area contributed by atoms with Gasteiger partial charge in [0.05, 0.1) is 0 Å². The van der Waals surface area contributed by atoms with E-state index in [9.17, 15) is 14.7 Å². The van der Waals surface area contributed by atoms with E-state index in [2.05, 4.69) is 19.9 Å². The van der Waals surface area contributed by atoms with Gasteiger partial charge in [-0.1, -0.05) is 31.5 Å². The molecule has 5 aliphatic carbocycles. The molecular formula is C22H27ClO3. The second kappa shape index (κ2) is 4.91. The average molecular weight is 375 g/mol. The van der Waals surface area contributed by atoms with Crippen LogP contribution in [0.15, 0.2) is 22.8 Å². The van der Waals surface area contributed by atoms with Crippen LogP contribution in [0.3, 0.4) is 0 Å². The van der Waals surface area contributed by atoms with Gasteiger partial charge in [0, 0.05) is 21.8 Å². The number of rotatable bonds is 1. The number of halogens is 1. The first-order valence-corrected chi connectivity index (χ1v) is 10.4. The van der Waals surface area contributed by atoms with Crippen LogP contribution in [-0.4, -0.2) is 22.3 Å². The first-order chi connectivity index (χ1) is 12.1. The Morgan fingerprint density at radius 3 is 2.58 bits per heavy atom. The number of hydrogen-bond donors (Lipinski definition) is 1. The van der Waals surface area contributed by atoms with Gasteiger partial charge in [-0.15, -0.1) is 0 Å². The predicted molar refractivity (Wildman–Crippen MR) is 99.4 cm³/mol. The van der Waals surface area contributed by atoms with Crippen molar-refractivity contribution in [1.29, 1.82) is 0 Å². The highest BCUT2D eigenvalue weighted by Gasteiger charge is 2.69. The van der Waals surface area contributed by atoms with Crippen LogP contribution in [0.2, 0.25) is 0 Å². The van der Waals surface area contributed by atoms with Crippen molar-refractivity contribution in [3.63, 3.8) is 0 Å². The normalized spacial score (nSPS) is 54.3. The van der Waals surface area contributed by atoms with E-state index in [0.717, 1.165) is 36.3 Å². The molecule has 0 aromatic heterocycles. The second-order valence-corrected chi connectivity index (χ2v) is 10.3. The molecule has 8 atom stereocenters. The molecule has 3 nitrogen and oxygen atoms in total. The maximum Gasteiger partial charge on any atom is 0.161 e. The minimum atomic E-state index is -1.20. The summed E-state index contributed by atoms with van der Waals surface area (Å²) in [6.45, 7) is 5.97. The van der Waals surface area contributed by atoms with E-state index in [-0.39, 0.29) is 40.2 Å². The van der Waals surface area contributed by atoms with Gasteiger partial charge >= 0.3 is 0 Å². The molecule has 5 aliphatic rings. The number of aliphatic hydroxyl groups is 1. The van der Waals surface area contributed by atoms with Gasteiger partial charge in [0.15, 0.2) is 11.6 Å². The molecule has 0 saturated heterocycles. The van der Waals surface area contributed by atoms with Crippen LogP contribution in [0.5, 0.6) is 0 Å². The summed E-state index contributed by atoms with van der Waals surface area (Å²) < 4.78 is 0. The molecule has 5 rings (SSSR count). The number of allylic oxidation sites excluding steroid dienone is 4. The van der Waals surface area contributed by atoms with Gasteiger partial charge in [0.1, 0.15) is 5.60 Å². The molecular weight excluding hydrogens is 348 g/mol. The van der Waals surface area contributed by atoms with Crippen LogP contribution in [0.4, 0.5) is 0 Å². The van der Waals surface area contributed by atoms with Crippen LogP contribution >= 0.6 is 11.6 Å². The third kappa shape index (κ3) is 1.75. The van der Waals surface area contributed by atoms with E-state index < -0.39 is 5.60 Å². The molecule has 0 spiro atoms. The quantitative estimate of drug-likeness (QED) is 0.753. The Bertz CT molecular complexity index is 797. The number of carbonyl (C=O) groups is 2. The lowest BCUT2D eigenvalue weighted by Gasteiger charge is -2.57. The van der Waals surface area contributed by atoms with Crippen LogP contribution in [0.1, 0.15) is 52.9 Å². The summed E-state index contributed by atoms with van der Waals surface area (Å²) in [4.78, 5) is 24.6. The van der Waals surface area contributed by atoms with Gasteiger partial charge in [0.25, 0.3) is 0 Å². The predicted octanol–water partition coefficient (Wildman–Crippen LogP) is 4.04. The summed E-state index contributed by atoms with van der Waals surface area (Å²) in [5.74, 6) is 1.78. The van der Waals surface area contributed by atoms with Crippen LogP contribution in [0.25, 0.3) is 0 Å². The number of fused-ring (bicyclic) bond motifs is 7. The third-order valence-electron chi connectivity index (χ3n) is 9.23. The SMILES string of the molecule is CC(=O)[C@@]1(O)CCC2C3C=C(Cl)C4=CC(=O)[C@@H]5C[C@H]5[C@]4(C)C3CC[C@@]21C. The van der Waals surface area contributed by atoms with E-state index >= 15 is 0 Å². The average Bonchev–Trinajstić information content (AvgIpc) is 3.33. The number of ketones is 2. The second-order valence-electron chi connectivity index (χ2n) is 9.91. The fourth-order valence-corrected chi connectivity index (χ4v) is 7.96. The highest BCUT2D eigenvalue weighted by molar-refractivity contribution is 6.32. The molecule has 1 N–H and O–H groups in total. The van der Waals surface area contributed by atoms with Gasteiger partial charge in [-0.25, -0.2) is 0 Å². The molecule has 3 saturated carbocycles. The van der Waals surface area contributed by atoms with E-state index in [1.165, 1.54) is 6.92 Å². The fourth-order valence-electron chi connectivity index (χ4n) is 7.56. The lowest BCUT2D eigenvalue weighted by molar-refractivity contribution is -0.157. The van der Waals surface area contributed by atoms with Crippen LogP contribution in [0, 0.1) is 40.4 Å². The summed E-state index contributed by atoms with van der Waals surface area (Å²) in [7, 11) is 0. The molecule has 0 amide bonds. The molecule has 3 unspecified atom stereocenters. The van der Waals surface area contributed by atoms with E-state index in [1.807, 2.05) is 6.08 Å². The largest absolute Gasteiger partial charge is 0.382 e. The zero-order valence-electron chi connectivity index (χ0n) is 15.7. The summed E-state index contributed by atoms with van der Waals surface area (Å²) in [5.41, 5.74) is -0.566. The Balaban J connectivity index is 1.62. The van der Waals surface area contributed by atoms with Gasteiger partial charge < -0.3 is 5.11 Å². The molecule has 140 valence electrons. The van der Waals surface area contributed by atoms with Gasteiger partial charge in [-0.05, 0) is 74.3 Å². The minimum Gasteiger partial charge on any atom is -0.382 e. The lowest BCUT2D eigenvalue weighted by atomic mass is 9.47. The topological polar surface area (TPSA) is 54.4 Å². The van der Waals surface area contributed by atoms with Crippen LogP contribution in [-0.2, 0) is 9.59 Å². The van der Waals surface area contributed by atoms with E-state index in [0.29, 0.717) is 18.3 Å². The Labute approximate surface area is 159 Å². The van der Waals surface area contributed by atoms with E-state index in [1.54, 1.807) is 0 Å². The molecule has 3 fully saturated rings. The van der Waals surface area contributed by atoms with Crippen molar-refractivity contribution in [1.82, 2.24) is 0 Å². The summed E-state index contributed by atoms with van der Waals surface area (Å²) >= 11 is 6.73. The van der Waals surface area contributed by atoms with E-state index in [4.69, 9.17) is 11.6 Å². The van der Waals surface area contributed by atoms with Crippen molar-refractivity contribution in [2.45, 2.75) is 58.5 Å². The Kier molecular flexibility index (Phi) is 3.25. The van der Waals surface area contributed by atoms with Crippen molar-refractivity contribution in [2.75, 3.05) is 0 Å². The molecule has 0 aliphatic heterocycles. The van der Waals surface area contributed by atoms with Crippen molar-refractivity contribution in [2.24, 2.45) is 40.4 Å². The fraction of sp³-hybridized carbons (Fsp3) is 0.727. The van der Waals surface area contributed by atoms with Gasteiger partial charge in [-0.2, -0.15) is 0 Å². The Hall–Kier alpha value is -0.930. The monoisotopic (exact) mass is 374 g/mol. The highest BCUT2D eigenvalue weighted by Crippen LogP contribution is 2.72. The van der Waals surface area contributed by atoms with Gasteiger partial charge in [-0.3, -0.25) is 9.59 Å². The standard InChI is InChI=1S/C22H27ClO3/c1-11(24)22(26)7-5-14-12-9-18(23)17-10-19(25)13-8-16(13)21(17,3)15(12)4-6-20(14,22)2/h9-10,12-16,26H,4-8H2,1-3H3/t12?,13-,14?,15?,16-,20+,21+,22+/m1/s1.